The Morgan fingerprint density at radius 3 is 2.55 bits per heavy atom. The predicted molar refractivity (Wildman–Crippen MR) is 108 cm³/mol. The summed E-state index contributed by atoms with van der Waals surface area (Å²) in [7, 11) is 0. The molecule has 3 aromatic rings. The molecule has 0 saturated carbocycles. The van der Waals surface area contributed by atoms with Gasteiger partial charge in [-0.2, -0.15) is 0 Å². The van der Waals surface area contributed by atoms with Gasteiger partial charge in [0.25, 0.3) is 5.69 Å². The number of non-ortho nitro benzene ring substituents is 1. The average Bonchev–Trinajstić information content (AvgIpc) is 3.02. The van der Waals surface area contributed by atoms with Crippen LogP contribution in [0.1, 0.15) is 27.0 Å². The van der Waals surface area contributed by atoms with Crippen molar-refractivity contribution in [2.75, 3.05) is 0 Å². The minimum Gasteiger partial charge on any atom is -0.489 e. The molecule has 1 aliphatic rings. The van der Waals surface area contributed by atoms with E-state index in [4.69, 9.17) is 9.47 Å². The van der Waals surface area contributed by atoms with Crippen LogP contribution in [0.25, 0.3) is 6.08 Å². The number of nitro benzene ring substituents is 1. The number of aryl methyl sites for hydroxylation is 1. The van der Waals surface area contributed by atoms with E-state index in [9.17, 15) is 14.9 Å². The van der Waals surface area contributed by atoms with E-state index in [2.05, 4.69) is 0 Å². The van der Waals surface area contributed by atoms with Crippen molar-refractivity contribution in [3.63, 3.8) is 0 Å². The number of benzene rings is 3. The van der Waals surface area contributed by atoms with Crippen LogP contribution in [0, 0.1) is 17.0 Å². The number of Topliss-reactive ketones (excluding diaryl/α,β-unsaturated/α-hetero) is 1. The molecule has 0 amide bonds. The fraction of sp³-hybridized carbons (Fsp3) is 0.0870. The highest BCUT2D eigenvalue weighted by atomic mass is 16.6. The van der Waals surface area contributed by atoms with Gasteiger partial charge in [0.05, 0.1) is 10.5 Å². The Kier molecular flexibility index (Phi) is 4.83. The van der Waals surface area contributed by atoms with Gasteiger partial charge in [-0.05, 0) is 54.0 Å². The second-order valence-corrected chi connectivity index (χ2v) is 6.66. The summed E-state index contributed by atoms with van der Waals surface area (Å²) in [5.41, 5.74) is 3.32. The number of hydrogen-bond acceptors (Lipinski definition) is 5. The molecule has 0 atom stereocenters. The van der Waals surface area contributed by atoms with Crippen molar-refractivity contribution in [1.82, 2.24) is 0 Å². The molecule has 1 heterocycles. The van der Waals surface area contributed by atoms with Gasteiger partial charge in [0.1, 0.15) is 18.1 Å². The van der Waals surface area contributed by atoms with Gasteiger partial charge in [-0.25, -0.2) is 0 Å². The average molecular weight is 387 g/mol. The Balaban J connectivity index is 1.51. The minimum absolute atomic E-state index is 0.00968. The third kappa shape index (κ3) is 3.87. The van der Waals surface area contributed by atoms with E-state index in [-0.39, 0.29) is 17.2 Å². The van der Waals surface area contributed by atoms with Gasteiger partial charge in [-0.1, -0.05) is 24.3 Å². The first-order chi connectivity index (χ1) is 14.0. The molecule has 1 aliphatic heterocycles. The number of nitrogens with zero attached hydrogens (tertiary/aromatic N) is 1. The number of rotatable bonds is 5. The molecule has 0 radical (unpaired) electrons. The van der Waals surface area contributed by atoms with E-state index in [1.165, 1.54) is 12.1 Å². The topological polar surface area (TPSA) is 78.7 Å². The molecule has 4 rings (SSSR count). The van der Waals surface area contributed by atoms with Crippen LogP contribution >= 0.6 is 0 Å². The summed E-state index contributed by atoms with van der Waals surface area (Å²) in [5, 5.41) is 10.8. The lowest BCUT2D eigenvalue weighted by Gasteiger charge is -2.09. The van der Waals surface area contributed by atoms with Crippen LogP contribution in [0.2, 0.25) is 0 Å². The zero-order chi connectivity index (χ0) is 20.4. The number of allylic oxidation sites excluding steroid dienone is 1. The van der Waals surface area contributed by atoms with Crippen LogP contribution in [0.3, 0.4) is 0 Å². The molecule has 0 fully saturated rings. The fourth-order valence-electron chi connectivity index (χ4n) is 3.03. The zero-order valence-corrected chi connectivity index (χ0v) is 15.6. The van der Waals surface area contributed by atoms with Crippen LogP contribution < -0.4 is 9.47 Å². The lowest BCUT2D eigenvalue weighted by Crippen LogP contribution is -1.98. The Labute approximate surface area is 167 Å². The summed E-state index contributed by atoms with van der Waals surface area (Å²) in [4.78, 5) is 22.9. The molecule has 0 N–H and O–H groups in total. The third-order valence-electron chi connectivity index (χ3n) is 4.70. The normalized spacial score (nSPS) is 13.8. The van der Waals surface area contributed by atoms with Crippen LogP contribution in [0.4, 0.5) is 5.69 Å². The Morgan fingerprint density at radius 2 is 1.83 bits per heavy atom. The highest BCUT2D eigenvalue weighted by Crippen LogP contribution is 2.35. The van der Waals surface area contributed by atoms with Gasteiger partial charge in [0.15, 0.2) is 5.76 Å². The quantitative estimate of drug-likeness (QED) is 0.346. The summed E-state index contributed by atoms with van der Waals surface area (Å²) in [6, 6.07) is 19.0. The van der Waals surface area contributed by atoms with Gasteiger partial charge < -0.3 is 9.47 Å². The van der Waals surface area contributed by atoms with Crippen molar-refractivity contribution in [2.24, 2.45) is 0 Å². The largest absolute Gasteiger partial charge is 0.489 e. The SMILES string of the molecule is Cc1ccccc1COc1ccc2c(c1)O/C(=C\c1ccc([N+](=O)[O-])cc1)C2=O. The van der Waals surface area contributed by atoms with Gasteiger partial charge in [0, 0.05) is 18.2 Å². The predicted octanol–water partition coefficient (Wildman–Crippen LogP) is 5.10. The van der Waals surface area contributed by atoms with E-state index in [1.54, 1.807) is 36.4 Å². The molecule has 0 saturated heterocycles. The number of hydrogen-bond donors (Lipinski definition) is 0. The Hall–Kier alpha value is -3.93. The maximum Gasteiger partial charge on any atom is 0.269 e. The van der Waals surface area contributed by atoms with Gasteiger partial charge in [0.2, 0.25) is 5.78 Å². The second-order valence-electron chi connectivity index (χ2n) is 6.66. The smallest absolute Gasteiger partial charge is 0.269 e. The molecule has 6 nitrogen and oxygen atoms in total. The lowest BCUT2D eigenvalue weighted by molar-refractivity contribution is -0.384. The van der Waals surface area contributed by atoms with Crippen molar-refractivity contribution in [1.29, 1.82) is 0 Å². The Bertz CT molecular complexity index is 1130. The van der Waals surface area contributed by atoms with Crippen LogP contribution in [-0.2, 0) is 6.61 Å². The number of fused-ring (bicyclic) bond motifs is 1. The van der Waals surface area contributed by atoms with Crippen molar-refractivity contribution >= 4 is 17.5 Å². The highest BCUT2D eigenvalue weighted by Gasteiger charge is 2.27. The van der Waals surface area contributed by atoms with Crippen LogP contribution in [-0.4, -0.2) is 10.7 Å². The molecular formula is C23H17NO5. The van der Waals surface area contributed by atoms with Gasteiger partial charge in [-0.15, -0.1) is 0 Å². The summed E-state index contributed by atoms with van der Waals surface area (Å²) in [6.45, 7) is 2.45. The van der Waals surface area contributed by atoms with E-state index in [0.717, 1.165) is 11.1 Å². The van der Waals surface area contributed by atoms with E-state index < -0.39 is 4.92 Å². The molecule has 0 aliphatic carbocycles. The molecular weight excluding hydrogens is 370 g/mol. The number of nitro groups is 1. The molecule has 0 bridgehead atoms. The Morgan fingerprint density at radius 1 is 1.07 bits per heavy atom. The lowest BCUT2D eigenvalue weighted by atomic mass is 10.1. The molecule has 144 valence electrons. The maximum absolute atomic E-state index is 12.6. The molecule has 6 heteroatoms. The van der Waals surface area contributed by atoms with Crippen LogP contribution in [0.15, 0.2) is 72.5 Å². The molecule has 3 aromatic carbocycles. The van der Waals surface area contributed by atoms with Gasteiger partial charge >= 0.3 is 0 Å². The van der Waals surface area contributed by atoms with Gasteiger partial charge in [-0.3, -0.25) is 14.9 Å². The minimum atomic E-state index is -0.470. The number of ketones is 1. The van der Waals surface area contributed by atoms with Crippen molar-refractivity contribution in [2.45, 2.75) is 13.5 Å². The van der Waals surface area contributed by atoms with E-state index >= 15 is 0 Å². The first-order valence-electron chi connectivity index (χ1n) is 9.01. The van der Waals surface area contributed by atoms with E-state index in [1.807, 2.05) is 31.2 Å². The maximum atomic E-state index is 12.6. The molecule has 0 unspecified atom stereocenters. The van der Waals surface area contributed by atoms with Crippen molar-refractivity contribution < 1.29 is 19.2 Å². The number of carbonyl (C=O) groups excluding carboxylic acids is 1. The number of carbonyl (C=O) groups is 1. The highest BCUT2D eigenvalue weighted by molar-refractivity contribution is 6.14. The summed E-state index contributed by atoms with van der Waals surface area (Å²) in [5.74, 6) is 0.982. The second kappa shape index (κ2) is 7.59. The summed E-state index contributed by atoms with van der Waals surface area (Å²) >= 11 is 0. The molecule has 0 aromatic heterocycles. The molecule has 29 heavy (non-hydrogen) atoms. The molecule has 0 spiro atoms. The van der Waals surface area contributed by atoms with E-state index in [0.29, 0.717) is 29.2 Å². The fourth-order valence-corrected chi connectivity index (χ4v) is 3.03. The first-order valence-corrected chi connectivity index (χ1v) is 9.01. The van der Waals surface area contributed by atoms with Crippen LogP contribution in [0.5, 0.6) is 11.5 Å². The third-order valence-corrected chi connectivity index (χ3v) is 4.70. The summed E-state index contributed by atoms with van der Waals surface area (Å²) in [6.07, 6.45) is 1.57. The number of ether oxygens (including phenoxy) is 2. The first kappa shape index (κ1) is 18.4. The monoisotopic (exact) mass is 387 g/mol. The standard InChI is InChI=1S/C23H17NO5/c1-15-4-2-3-5-17(15)14-28-19-10-11-20-21(13-19)29-22(23(20)25)12-16-6-8-18(9-7-16)24(26)27/h2-13H,14H2,1H3/b22-12-. The zero-order valence-electron chi connectivity index (χ0n) is 15.6. The van der Waals surface area contributed by atoms with Crippen molar-refractivity contribution in [3.05, 3.63) is 105 Å². The summed E-state index contributed by atoms with van der Waals surface area (Å²) < 4.78 is 11.6. The van der Waals surface area contributed by atoms with Crippen molar-refractivity contribution in [3.8, 4) is 11.5 Å².